The Labute approximate surface area is 725 Å². The molecule has 17 amide bonds. The van der Waals surface area contributed by atoms with Crippen LogP contribution in [-0.2, 0) is 101 Å². The van der Waals surface area contributed by atoms with Gasteiger partial charge >= 0.3 is 0 Å². The van der Waals surface area contributed by atoms with Crippen molar-refractivity contribution >= 4 is 134 Å². The van der Waals surface area contributed by atoms with Crippen LogP contribution < -0.4 is 70.4 Å². The summed E-state index contributed by atoms with van der Waals surface area (Å²) < 4.78 is 0. The number of nitrogens with two attached hydrogens (primary N) is 3. The molecule has 3 aliphatic heterocycles. The Bertz CT molecular complexity index is 4700. The summed E-state index contributed by atoms with van der Waals surface area (Å²) in [6.45, 7) is 0.775. The minimum Gasteiger partial charge on any atom is -0.508 e. The first-order chi connectivity index (χ1) is 59.6. The van der Waals surface area contributed by atoms with Gasteiger partial charge in [0.25, 0.3) is 0 Å². The lowest BCUT2D eigenvalue weighted by Crippen LogP contribution is -2.61. The smallest absolute Gasteiger partial charge is 0.246 e. The number of aromatic amines is 2. The van der Waals surface area contributed by atoms with Crippen molar-refractivity contribution < 1.29 is 102 Å². The third-order valence-corrected chi connectivity index (χ3v) is 23.6. The average Bonchev–Trinajstić information content (AvgIpc) is 1.73. The van der Waals surface area contributed by atoms with Crippen LogP contribution in [0, 0.1) is 0 Å². The number of aliphatic hydroxyl groups is 3. The van der Waals surface area contributed by atoms with Crippen molar-refractivity contribution in [3.63, 3.8) is 0 Å². The molecular formula is C83H116N20O21S. The molecule has 0 spiro atoms. The standard InChI is InChI=1S/C83H116N20O21S/c1-7-8-22-64-76(117)95-60(37-67(85)108)83(124)103-32-16-24-66(103)78(119)97-62(42-106)74(115)92-56(29-33-104)82(123)102-31-15-23-65(102)77(118)93-57(35-48-38-87-53-19-11-9-17-51(48)53)73(114)96-61(41-105)75(116)94-59(36-49-39-88-54-20-12-10-18-52(49)54)80(121)100(5)46(3)79(120)99(4)45(2)70(111)91-55(21-13-14-30-84)72(113)98-63(71(112)89-40-68(86)109)43-125-44-69(110)90-58(81(122)101(64)6)34-47-25-27-50(107)28-26-47/h9-12,17-20,25-28,38-39,45-46,55-66,87-88,104-107H,7-8,13-16,21-24,29-37,40-44,84H2,1-6H3,(H2,85,108)(H2,86,109)(H,89,112)(H,90,110)(H,91,111)(H,92,115)(H,93,118)(H,94,116)(H,95,117)(H,96,114)(H,97,119)(H,98,113)/t45-,46-,55-,56-,57-,58-,59-,60-,61-,62-,63?,64-,65-,66-/m0/s1. The molecular weight excluding hydrogens is 1650 g/mol. The van der Waals surface area contributed by atoms with Gasteiger partial charge in [-0.25, -0.2) is 0 Å². The number of carbonyl (C=O) groups excluding carboxylic acids is 17. The molecule has 3 fully saturated rings. The minimum atomic E-state index is -1.86. The van der Waals surface area contributed by atoms with E-state index in [0.29, 0.717) is 57.8 Å². The molecule has 125 heavy (non-hydrogen) atoms. The van der Waals surface area contributed by atoms with Crippen LogP contribution in [0.2, 0.25) is 0 Å². The van der Waals surface area contributed by atoms with Crippen LogP contribution in [0.5, 0.6) is 5.75 Å². The van der Waals surface area contributed by atoms with Gasteiger partial charge in [0.15, 0.2) is 0 Å². The van der Waals surface area contributed by atoms with Crippen molar-refractivity contribution in [1.29, 1.82) is 0 Å². The lowest BCUT2D eigenvalue weighted by Gasteiger charge is -2.34. The number of fused-ring (bicyclic) bond motifs is 4. The van der Waals surface area contributed by atoms with Gasteiger partial charge in [0.1, 0.15) is 90.3 Å². The molecule has 0 radical (unpaired) electrons. The van der Waals surface area contributed by atoms with Crippen molar-refractivity contribution in [1.82, 2.24) is 87.6 Å². The zero-order valence-electron chi connectivity index (χ0n) is 70.7. The normalized spacial score (nSPS) is 25.2. The minimum absolute atomic E-state index is 0.00504. The number of primary amides is 2. The summed E-state index contributed by atoms with van der Waals surface area (Å²) in [4.78, 5) is 256. The predicted octanol–water partition coefficient (Wildman–Crippen LogP) is -4.84. The van der Waals surface area contributed by atoms with E-state index in [0.717, 1.165) is 36.3 Å². The predicted molar refractivity (Wildman–Crippen MR) is 455 cm³/mol. The van der Waals surface area contributed by atoms with Gasteiger partial charge in [-0.2, -0.15) is 0 Å². The Kier molecular flexibility index (Phi) is 36.9. The number of phenolic OH excluding ortho intramolecular Hbond substituents is 1. The summed E-state index contributed by atoms with van der Waals surface area (Å²) in [6.07, 6.45) is 2.58. The molecule has 22 N–H and O–H groups in total. The largest absolute Gasteiger partial charge is 0.508 e. The molecule has 1 unspecified atom stereocenters. The average molecular weight is 1760 g/mol. The summed E-state index contributed by atoms with van der Waals surface area (Å²) in [7, 11) is 3.79. The summed E-state index contributed by atoms with van der Waals surface area (Å²) in [5, 5.41) is 69.1. The fourth-order valence-corrected chi connectivity index (χ4v) is 16.1. The molecule has 0 bridgehead atoms. The molecule has 14 atom stereocenters. The van der Waals surface area contributed by atoms with Gasteiger partial charge in [-0.15, -0.1) is 11.8 Å². The fraction of sp³-hybridized carbons (Fsp3) is 0.530. The van der Waals surface area contributed by atoms with Gasteiger partial charge in [0, 0.05) is 100 Å². The molecule has 680 valence electrons. The Morgan fingerprint density at radius 3 is 1.53 bits per heavy atom. The van der Waals surface area contributed by atoms with E-state index in [1.165, 1.54) is 59.3 Å². The number of nitrogens with zero attached hydrogens (tertiary/aromatic N) is 5. The van der Waals surface area contributed by atoms with E-state index in [-0.39, 0.29) is 89.6 Å². The Hall–Kier alpha value is -12.3. The lowest BCUT2D eigenvalue weighted by molar-refractivity contribution is -0.148. The van der Waals surface area contributed by atoms with Crippen LogP contribution in [0.4, 0.5) is 0 Å². The van der Waals surface area contributed by atoms with Crippen LogP contribution in [0.15, 0.2) is 85.2 Å². The highest BCUT2D eigenvalue weighted by atomic mass is 32.2. The van der Waals surface area contributed by atoms with Crippen LogP contribution in [0.3, 0.4) is 0 Å². The van der Waals surface area contributed by atoms with Crippen molar-refractivity contribution in [3.8, 4) is 5.75 Å². The van der Waals surface area contributed by atoms with Crippen LogP contribution in [-0.4, -0.2) is 319 Å². The monoisotopic (exact) mass is 1760 g/mol. The molecule has 0 aliphatic carbocycles. The third kappa shape index (κ3) is 26.6. The molecule has 3 aromatic carbocycles. The van der Waals surface area contributed by atoms with Crippen molar-refractivity contribution in [2.75, 3.05) is 78.6 Å². The maximum Gasteiger partial charge on any atom is 0.246 e. The number of hydrogen-bond acceptors (Lipinski definition) is 23. The van der Waals surface area contributed by atoms with Gasteiger partial charge in [-0.05, 0) is 119 Å². The number of aromatic nitrogens is 2. The quantitative estimate of drug-likeness (QED) is 0.0289. The number of para-hydroxylation sites is 2. The second-order valence-corrected chi connectivity index (χ2v) is 32.4. The van der Waals surface area contributed by atoms with Gasteiger partial charge in [0.2, 0.25) is 100 Å². The van der Waals surface area contributed by atoms with E-state index in [4.69, 9.17) is 17.2 Å². The first-order valence-corrected chi connectivity index (χ1v) is 42.7. The number of amides is 17. The first kappa shape index (κ1) is 98.2. The number of aliphatic hydroxyl groups excluding tert-OH is 3. The number of phenols is 1. The van der Waals surface area contributed by atoms with Gasteiger partial charge in [-0.1, -0.05) is 68.3 Å². The molecule has 0 saturated carbocycles. The Balaban J connectivity index is 1.14. The highest BCUT2D eigenvalue weighted by Gasteiger charge is 2.45. The maximum absolute atomic E-state index is 15.1. The van der Waals surface area contributed by atoms with E-state index < -0.39 is 236 Å². The van der Waals surface area contributed by atoms with Gasteiger partial charge < -0.3 is 125 Å². The van der Waals surface area contributed by atoms with Crippen LogP contribution in [0.1, 0.15) is 115 Å². The van der Waals surface area contributed by atoms with Crippen molar-refractivity contribution in [2.24, 2.45) is 17.2 Å². The molecule has 3 saturated heterocycles. The number of aromatic hydroxyl groups is 1. The summed E-state index contributed by atoms with van der Waals surface area (Å²) in [5.74, 6) is -17.4. The zero-order valence-corrected chi connectivity index (χ0v) is 71.6. The molecule has 5 heterocycles. The number of likely N-dealkylation sites (N-methyl/N-ethyl adjacent to an activating group) is 3. The number of unbranched alkanes of at least 4 members (excludes halogenated alkanes) is 2. The first-order valence-electron chi connectivity index (χ1n) is 41.6. The van der Waals surface area contributed by atoms with E-state index in [9.17, 15) is 92.3 Å². The molecule has 3 aliphatic rings. The highest BCUT2D eigenvalue weighted by Crippen LogP contribution is 2.27. The highest BCUT2D eigenvalue weighted by molar-refractivity contribution is 8.00. The van der Waals surface area contributed by atoms with E-state index in [1.54, 1.807) is 67.8 Å². The zero-order chi connectivity index (χ0) is 91.5. The molecule has 41 nitrogen and oxygen atoms in total. The number of thioether (sulfide) groups is 1. The second-order valence-electron chi connectivity index (χ2n) is 31.4. The number of nitrogens with one attached hydrogen (secondary N) is 12. The van der Waals surface area contributed by atoms with E-state index >= 15 is 9.59 Å². The second kappa shape index (κ2) is 47.0. The molecule has 5 aromatic rings. The molecule has 42 heteroatoms. The number of benzene rings is 3. The number of hydrogen-bond donors (Lipinski definition) is 19. The molecule has 8 rings (SSSR count). The number of carbonyl (C=O) groups is 17. The summed E-state index contributed by atoms with van der Waals surface area (Å²) in [6, 6.07) is -2.29. The SMILES string of the molecule is CCCC[C@H]1C(=O)N[C@@H](CC(N)=O)C(=O)N2CCC[C@H]2C(=O)N[C@@H](CO)C(=O)N[C@@H](CCO)C(=O)N2CCC[C@H]2C(=O)N[C@@H](Cc2c[nH]c3ccccc23)C(=O)N[C@@H](CO)C(=O)N[C@@H](Cc2c[nH]c3ccccc23)C(=O)N(C)[C@@H](C)C(=O)N(C)[C@@H](C)C(=O)N[C@@H](CCCCN)C(=O)NC(C(=O)NCC(N)=O)CSCC(=O)N[C@@H](Cc2ccc(O)cc2)C(=O)N1C. The summed E-state index contributed by atoms with van der Waals surface area (Å²) in [5.41, 5.74) is 19.6. The lowest BCUT2D eigenvalue weighted by atomic mass is 10.0. The van der Waals surface area contributed by atoms with Crippen molar-refractivity contribution in [3.05, 3.63) is 102 Å². The fourth-order valence-electron chi connectivity index (χ4n) is 15.2. The molecule has 2 aromatic heterocycles. The Morgan fingerprint density at radius 2 is 0.976 bits per heavy atom. The number of rotatable bonds is 22. The Morgan fingerprint density at radius 1 is 0.488 bits per heavy atom. The van der Waals surface area contributed by atoms with E-state index in [1.807, 2.05) is 0 Å². The van der Waals surface area contributed by atoms with Crippen LogP contribution in [0.25, 0.3) is 21.8 Å². The van der Waals surface area contributed by atoms with E-state index in [2.05, 4.69) is 63.1 Å². The van der Waals surface area contributed by atoms with Crippen molar-refractivity contribution in [2.45, 2.75) is 202 Å². The third-order valence-electron chi connectivity index (χ3n) is 22.5. The number of H-pyrrole nitrogens is 2. The maximum atomic E-state index is 15.1. The van der Waals surface area contributed by atoms with Gasteiger partial charge in [-0.3, -0.25) is 81.5 Å². The topological polar surface area (TPSA) is 617 Å². The van der Waals surface area contributed by atoms with Gasteiger partial charge in [0.05, 0.1) is 31.9 Å². The summed E-state index contributed by atoms with van der Waals surface area (Å²) >= 11 is 0.776. The van der Waals surface area contributed by atoms with Crippen LogP contribution >= 0.6 is 11.8 Å².